The number of fused-ring (bicyclic) bond motifs is 1. The monoisotopic (exact) mass is 390 g/mol. The number of anilines is 3. The van der Waals surface area contributed by atoms with E-state index in [1.807, 2.05) is 44.2 Å². The van der Waals surface area contributed by atoms with Crippen LogP contribution in [-0.4, -0.2) is 37.3 Å². The molecule has 0 unspecified atom stereocenters. The second-order valence-electron chi connectivity index (χ2n) is 7.58. The Morgan fingerprint density at radius 3 is 2.34 bits per heavy atom. The fourth-order valence-corrected chi connectivity index (χ4v) is 3.75. The van der Waals surface area contributed by atoms with Gasteiger partial charge in [-0.3, -0.25) is 0 Å². The van der Waals surface area contributed by atoms with Gasteiger partial charge < -0.3 is 20.3 Å². The molecule has 1 aromatic heterocycles. The number of pyridine rings is 1. The first kappa shape index (κ1) is 19.2. The lowest BCUT2D eigenvalue weighted by molar-refractivity contribution is 0.122. The van der Waals surface area contributed by atoms with Crippen LogP contribution in [0.2, 0.25) is 0 Å². The van der Waals surface area contributed by atoms with Gasteiger partial charge in [0.1, 0.15) is 5.82 Å². The second kappa shape index (κ2) is 8.09. The van der Waals surface area contributed by atoms with Crippen molar-refractivity contribution < 1.29 is 9.53 Å². The summed E-state index contributed by atoms with van der Waals surface area (Å²) in [4.78, 5) is 19.5. The summed E-state index contributed by atoms with van der Waals surface area (Å²) < 4.78 is 5.43. The first-order chi connectivity index (χ1) is 14.0. The molecule has 2 aromatic carbocycles. The topological polar surface area (TPSA) is 66.5 Å². The molecule has 6 nitrogen and oxygen atoms in total. The van der Waals surface area contributed by atoms with Crippen molar-refractivity contribution in [3.8, 4) is 0 Å². The van der Waals surface area contributed by atoms with Crippen molar-refractivity contribution in [2.75, 3.05) is 41.8 Å². The molecule has 2 N–H and O–H groups in total. The molecule has 1 saturated heterocycles. The number of carbonyl (C=O) groups is 1. The molecule has 29 heavy (non-hydrogen) atoms. The van der Waals surface area contributed by atoms with Gasteiger partial charge in [0.15, 0.2) is 0 Å². The zero-order valence-corrected chi connectivity index (χ0v) is 17.1. The standard InChI is InChI=1S/C23H26N4O2/c1-15-10-16(2)12-19(11-15)25-23(28)24-18-4-5-21-20(14-18)17(3)13-22(26-21)27-6-8-29-9-7-27/h4-5,10-14H,6-9H2,1-3H3,(H2,24,25,28). The van der Waals surface area contributed by atoms with Crippen molar-refractivity contribution in [1.29, 1.82) is 0 Å². The predicted molar refractivity (Wildman–Crippen MR) is 118 cm³/mol. The maximum atomic E-state index is 12.4. The molecule has 2 heterocycles. The van der Waals surface area contributed by atoms with Crippen LogP contribution in [0.25, 0.3) is 10.9 Å². The molecular formula is C23H26N4O2. The lowest BCUT2D eigenvalue weighted by Crippen LogP contribution is -2.36. The van der Waals surface area contributed by atoms with Crippen molar-refractivity contribution in [2.45, 2.75) is 20.8 Å². The normalized spacial score (nSPS) is 14.1. The third-order valence-corrected chi connectivity index (χ3v) is 5.07. The van der Waals surface area contributed by atoms with Gasteiger partial charge in [-0.25, -0.2) is 9.78 Å². The average Bonchev–Trinajstić information content (AvgIpc) is 2.68. The smallest absolute Gasteiger partial charge is 0.323 e. The number of carbonyl (C=O) groups excluding carboxylic acids is 1. The number of amides is 2. The highest BCUT2D eigenvalue weighted by Crippen LogP contribution is 2.26. The van der Waals surface area contributed by atoms with Crippen LogP contribution >= 0.6 is 0 Å². The molecular weight excluding hydrogens is 364 g/mol. The SMILES string of the molecule is Cc1cc(C)cc(NC(=O)Nc2ccc3nc(N4CCOCC4)cc(C)c3c2)c1. The quantitative estimate of drug-likeness (QED) is 0.684. The summed E-state index contributed by atoms with van der Waals surface area (Å²) in [5, 5.41) is 6.86. The summed E-state index contributed by atoms with van der Waals surface area (Å²) in [6.07, 6.45) is 0. The fourth-order valence-electron chi connectivity index (χ4n) is 3.75. The summed E-state index contributed by atoms with van der Waals surface area (Å²) in [5.74, 6) is 0.978. The Hall–Kier alpha value is -3.12. The lowest BCUT2D eigenvalue weighted by atomic mass is 10.1. The number of hydrogen-bond acceptors (Lipinski definition) is 4. The van der Waals surface area contributed by atoms with Crippen molar-refractivity contribution in [3.05, 3.63) is 59.2 Å². The van der Waals surface area contributed by atoms with Gasteiger partial charge in [-0.15, -0.1) is 0 Å². The van der Waals surface area contributed by atoms with Gasteiger partial charge in [0.2, 0.25) is 0 Å². The van der Waals surface area contributed by atoms with Crippen LogP contribution in [-0.2, 0) is 4.74 Å². The number of urea groups is 1. The Kier molecular flexibility index (Phi) is 5.36. The molecule has 6 heteroatoms. The molecule has 0 spiro atoms. The minimum Gasteiger partial charge on any atom is -0.378 e. The lowest BCUT2D eigenvalue weighted by Gasteiger charge is -2.28. The Morgan fingerprint density at radius 2 is 1.62 bits per heavy atom. The van der Waals surface area contributed by atoms with E-state index in [-0.39, 0.29) is 6.03 Å². The van der Waals surface area contributed by atoms with Gasteiger partial charge in [-0.2, -0.15) is 0 Å². The molecule has 0 saturated carbocycles. The number of benzene rings is 2. The Labute approximate surface area is 170 Å². The van der Waals surface area contributed by atoms with E-state index in [1.165, 1.54) is 0 Å². The Balaban J connectivity index is 1.52. The molecule has 2 amide bonds. The summed E-state index contributed by atoms with van der Waals surface area (Å²) in [5.41, 5.74) is 5.81. The summed E-state index contributed by atoms with van der Waals surface area (Å²) in [6.45, 7) is 9.29. The maximum Gasteiger partial charge on any atom is 0.323 e. The molecule has 1 aliphatic rings. The van der Waals surface area contributed by atoms with E-state index in [0.717, 1.165) is 71.1 Å². The summed E-state index contributed by atoms with van der Waals surface area (Å²) in [7, 11) is 0. The first-order valence-electron chi connectivity index (χ1n) is 9.88. The number of aryl methyl sites for hydroxylation is 3. The number of nitrogens with zero attached hydrogens (tertiary/aromatic N) is 2. The number of hydrogen-bond donors (Lipinski definition) is 2. The van der Waals surface area contributed by atoms with E-state index >= 15 is 0 Å². The molecule has 0 radical (unpaired) electrons. The third-order valence-electron chi connectivity index (χ3n) is 5.07. The third kappa shape index (κ3) is 4.49. The highest BCUT2D eigenvalue weighted by molar-refractivity contribution is 6.01. The summed E-state index contributed by atoms with van der Waals surface area (Å²) >= 11 is 0. The minimum absolute atomic E-state index is 0.259. The maximum absolute atomic E-state index is 12.4. The van der Waals surface area contributed by atoms with Crippen LogP contribution in [0.3, 0.4) is 0 Å². The van der Waals surface area contributed by atoms with Crippen LogP contribution in [0.15, 0.2) is 42.5 Å². The molecule has 0 aliphatic carbocycles. The van der Waals surface area contributed by atoms with Gasteiger partial charge in [-0.1, -0.05) is 6.07 Å². The van der Waals surface area contributed by atoms with E-state index in [9.17, 15) is 4.79 Å². The Morgan fingerprint density at radius 1 is 0.931 bits per heavy atom. The fraction of sp³-hybridized carbons (Fsp3) is 0.304. The van der Waals surface area contributed by atoms with Crippen LogP contribution in [0, 0.1) is 20.8 Å². The number of nitrogens with one attached hydrogen (secondary N) is 2. The van der Waals surface area contributed by atoms with E-state index in [4.69, 9.17) is 9.72 Å². The molecule has 0 bridgehead atoms. The molecule has 1 aliphatic heterocycles. The number of morpholine rings is 1. The predicted octanol–water partition coefficient (Wildman–Crippen LogP) is 4.64. The number of ether oxygens (including phenoxy) is 1. The van der Waals surface area contributed by atoms with Gasteiger partial charge in [0, 0.05) is 29.9 Å². The van der Waals surface area contributed by atoms with Gasteiger partial charge in [0.05, 0.1) is 18.7 Å². The highest BCUT2D eigenvalue weighted by Gasteiger charge is 2.14. The minimum atomic E-state index is -0.259. The van der Waals surface area contributed by atoms with Crippen LogP contribution < -0.4 is 15.5 Å². The molecule has 0 atom stereocenters. The van der Waals surface area contributed by atoms with E-state index in [1.54, 1.807) is 0 Å². The summed E-state index contributed by atoms with van der Waals surface area (Å²) in [6, 6.07) is 13.6. The number of rotatable bonds is 3. The average molecular weight is 390 g/mol. The van der Waals surface area contributed by atoms with E-state index < -0.39 is 0 Å². The zero-order chi connectivity index (χ0) is 20.4. The first-order valence-corrected chi connectivity index (χ1v) is 9.88. The molecule has 4 rings (SSSR count). The van der Waals surface area contributed by atoms with Crippen LogP contribution in [0.4, 0.5) is 22.0 Å². The van der Waals surface area contributed by atoms with E-state index in [0.29, 0.717) is 0 Å². The second-order valence-corrected chi connectivity index (χ2v) is 7.58. The van der Waals surface area contributed by atoms with Crippen LogP contribution in [0.1, 0.15) is 16.7 Å². The highest BCUT2D eigenvalue weighted by atomic mass is 16.5. The molecule has 1 fully saturated rings. The van der Waals surface area contributed by atoms with Crippen molar-refractivity contribution in [1.82, 2.24) is 4.98 Å². The Bertz CT molecular complexity index is 1040. The van der Waals surface area contributed by atoms with Gasteiger partial charge in [-0.05, 0) is 73.9 Å². The zero-order valence-electron chi connectivity index (χ0n) is 17.1. The number of aromatic nitrogens is 1. The molecule has 150 valence electrons. The van der Waals surface area contributed by atoms with E-state index in [2.05, 4.69) is 34.6 Å². The molecule has 3 aromatic rings. The van der Waals surface area contributed by atoms with Crippen molar-refractivity contribution >= 4 is 34.1 Å². The largest absolute Gasteiger partial charge is 0.378 e. The van der Waals surface area contributed by atoms with Crippen molar-refractivity contribution in [3.63, 3.8) is 0 Å². The van der Waals surface area contributed by atoms with Crippen LogP contribution in [0.5, 0.6) is 0 Å². The van der Waals surface area contributed by atoms with Crippen molar-refractivity contribution in [2.24, 2.45) is 0 Å². The van der Waals surface area contributed by atoms with Gasteiger partial charge >= 0.3 is 6.03 Å². The van der Waals surface area contributed by atoms with Gasteiger partial charge in [0.25, 0.3) is 0 Å².